The van der Waals surface area contributed by atoms with Crippen LogP contribution >= 0.6 is 0 Å². The third-order valence-electron chi connectivity index (χ3n) is 7.09. The van der Waals surface area contributed by atoms with Crippen LogP contribution < -0.4 is 10.6 Å². The predicted octanol–water partition coefficient (Wildman–Crippen LogP) is 4.92. The van der Waals surface area contributed by atoms with Gasteiger partial charge >= 0.3 is 12.1 Å². The van der Waals surface area contributed by atoms with Gasteiger partial charge in [-0.15, -0.1) is 0 Å². The van der Waals surface area contributed by atoms with Gasteiger partial charge in [0.25, 0.3) is 0 Å². The average molecular weight is 564 g/mol. The number of carbonyl (C=O) groups is 3. The van der Waals surface area contributed by atoms with Crippen LogP contribution in [0.4, 0.5) is 4.79 Å². The number of carbonyl (C=O) groups excluding carboxylic acids is 2. The second kappa shape index (κ2) is 14.5. The summed E-state index contributed by atoms with van der Waals surface area (Å²) in [6.07, 6.45) is 2.15. The first-order chi connectivity index (χ1) is 19.8. The minimum Gasteiger partial charge on any atom is -0.480 e. The smallest absolute Gasteiger partial charge is 0.408 e. The summed E-state index contributed by atoms with van der Waals surface area (Å²) >= 11 is 0. The van der Waals surface area contributed by atoms with E-state index in [9.17, 15) is 19.5 Å². The Balaban J connectivity index is 1.20. The minimum atomic E-state index is -1.39. The summed E-state index contributed by atoms with van der Waals surface area (Å²) in [5, 5.41) is 14.7. The van der Waals surface area contributed by atoms with Gasteiger partial charge in [0.2, 0.25) is 11.8 Å². The molecule has 2 aromatic carbocycles. The summed E-state index contributed by atoms with van der Waals surface area (Å²) in [7, 11) is 0. The molecule has 1 heterocycles. The first-order valence-corrected chi connectivity index (χ1v) is 13.9. The Bertz CT molecular complexity index is 1320. The minimum absolute atomic E-state index is 0.000849. The molecule has 1 aliphatic carbocycles. The predicted molar refractivity (Wildman–Crippen MR) is 151 cm³/mol. The molecule has 0 radical (unpaired) electrons. The van der Waals surface area contributed by atoms with Gasteiger partial charge in [0.15, 0.2) is 0 Å². The Hall–Kier alpha value is -4.18. The number of nitrogens with one attached hydrogen (secondary N) is 2. The lowest BCUT2D eigenvalue weighted by molar-refractivity contribution is -0.141. The van der Waals surface area contributed by atoms with Crippen LogP contribution in [0.25, 0.3) is 11.5 Å². The quantitative estimate of drug-likeness (QED) is 0.282. The van der Waals surface area contributed by atoms with Crippen molar-refractivity contribution in [3.05, 3.63) is 77.2 Å². The third kappa shape index (κ3) is 9.18. The Morgan fingerprint density at radius 3 is 2.63 bits per heavy atom. The Kier molecular flexibility index (Phi) is 10.5. The number of benzene rings is 2. The lowest BCUT2D eigenvalue weighted by Crippen LogP contribution is -2.46. The van der Waals surface area contributed by atoms with Crippen molar-refractivity contribution >= 4 is 18.0 Å². The van der Waals surface area contributed by atoms with E-state index in [4.69, 9.17) is 13.9 Å². The maximum absolute atomic E-state index is 12.7. The van der Waals surface area contributed by atoms with Crippen molar-refractivity contribution < 1.29 is 33.4 Å². The Labute approximate surface area is 239 Å². The molecule has 2 unspecified atom stereocenters. The van der Waals surface area contributed by atoms with Gasteiger partial charge in [-0.3, -0.25) is 4.79 Å². The van der Waals surface area contributed by atoms with E-state index in [1.807, 2.05) is 56.3 Å². The van der Waals surface area contributed by atoms with E-state index in [1.165, 1.54) is 0 Å². The summed E-state index contributed by atoms with van der Waals surface area (Å²) in [6.45, 7) is 4.75. The zero-order chi connectivity index (χ0) is 29.2. The SMILES string of the molecule is Cc1cccc(-c2nc(COCC3CCCC(NC(=O)C[C@H](NC(=O)OCc4ccccc4)C(=O)O)C3)c(C)o2)c1. The largest absolute Gasteiger partial charge is 0.480 e. The van der Waals surface area contributed by atoms with Crippen LogP contribution in [0.15, 0.2) is 59.0 Å². The van der Waals surface area contributed by atoms with Gasteiger partial charge in [-0.1, -0.05) is 54.4 Å². The number of aryl methyl sites for hydroxylation is 2. The van der Waals surface area contributed by atoms with Gasteiger partial charge in [-0.05, 0) is 56.7 Å². The molecule has 1 fully saturated rings. The Morgan fingerprint density at radius 1 is 1.07 bits per heavy atom. The Morgan fingerprint density at radius 2 is 1.88 bits per heavy atom. The standard InChI is InChI=1S/C31H37N3O7/c1-20-8-6-12-24(14-20)29-33-27(21(2)41-29)19-39-17-23-11-7-13-25(15-23)32-28(35)16-26(30(36)37)34-31(38)40-18-22-9-4-3-5-10-22/h3-6,8-10,12,14,23,25-26H,7,11,13,15-19H2,1-2H3,(H,32,35)(H,34,38)(H,36,37)/t23?,25?,26-/m0/s1. The topological polar surface area (TPSA) is 140 Å². The van der Waals surface area contributed by atoms with Crippen molar-refractivity contribution in [2.45, 2.75) is 71.2 Å². The number of aromatic nitrogens is 1. The fraction of sp³-hybridized carbons (Fsp3) is 0.419. The molecular formula is C31H37N3O7. The average Bonchev–Trinajstić information content (AvgIpc) is 3.32. The molecular weight excluding hydrogens is 526 g/mol. The normalized spacial score (nSPS) is 17.4. The first-order valence-electron chi connectivity index (χ1n) is 13.9. The van der Waals surface area contributed by atoms with Crippen molar-refractivity contribution in [1.82, 2.24) is 15.6 Å². The maximum Gasteiger partial charge on any atom is 0.408 e. The van der Waals surface area contributed by atoms with E-state index >= 15 is 0 Å². The van der Waals surface area contributed by atoms with E-state index in [2.05, 4.69) is 15.6 Å². The summed E-state index contributed by atoms with van der Waals surface area (Å²) in [5.41, 5.74) is 3.59. The lowest BCUT2D eigenvalue weighted by Gasteiger charge is -2.30. The van der Waals surface area contributed by atoms with Gasteiger partial charge < -0.3 is 29.6 Å². The van der Waals surface area contributed by atoms with E-state index in [0.717, 1.165) is 53.8 Å². The van der Waals surface area contributed by atoms with E-state index in [1.54, 1.807) is 12.1 Å². The monoisotopic (exact) mass is 563 g/mol. The van der Waals surface area contributed by atoms with Crippen molar-refractivity contribution in [1.29, 1.82) is 0 Å². The number of rotatable bonds is 12. The van der Waals surface area contributed by atoms with Gasteiger partial charge in [-0.2, -0.15) is 0 Å². The molecule has 4 rings (SSSR count). The second-order valence-electron chi connectivity index (χ2n) is 10.5. The van der Waals surface area contributed by atoms with Crippen LogP contribution in [-0.2, 0) is 32.3 Å². The van der Waals surface area contributed by atoms with Gasteiger partial charge in [0, 0.05) is 18.2 Å². The molecule has 3 N–H and O–H groups in total. The number of aliphatic carboxylic acids is 1. The van der Waals surface area contributed by atoms with E-state index < -0.39 is 24.0 Å². The van der Waals surface area contributed by atoms with E-state index in [0.29, 0.717) is 19.1 Å². The summed E-state index contributed by atoms with van der Waals surface area (Å²) in [5.74, 6) is -0.196. The fourth-order valence-electron chi connectivity index (χ4n) is 4.94. The zero-order valence-corrected chi connectivity index (χ0v) is 23.4. The van der Waals surface area contributed by atoms with Crippen LogP contribution in [0.1, 0.15) is 54.7 Å². The van der Waals surface area contributed by atoms with Crippen molar-refractivity contribution in [2.24, 2.45) is 5.92 Å². The number of nitrogens with zero attached hydrogens (tertiary/aromatic N) is 1. The molecule has 0 aliphatic heterocycles. The molecule has 1 aromatic heterocycles. The molecule has 0 bridgehead atoms. The summed E-state index contributed by atoms with van der Waals surface area (Å²) < 4.78 is 16.9. The first kappa shape index (κ1) is 29.8. The highest BCUT2D eigenvalue weighted by Gasteiger charge is 2.28. The number of oxazole rings is 1. The number of alkyl carbamates (subject to hydrolysis) is 1. The van der Waals surface area contributed by atoms with Crippen LogP contribution in [0.3, 0.4) is 0 Å². The second-order valence-corrected chi connectivity index (χ2v) is 10.5. The fourth-order valence-corrected chi connectivity index (χ4v) is 4.94. The lowest BCUT2D eigenvalue weighted by atomic mass is 9.86. The van der Waals surface area contributed by atoms with Crippen molar-refractivity contribution in [2.75, 3.05) is 6.61 Å². The highest BCUT2D eigenvalue weighted by atomic mass is 16.5. The van der Waals surface area contributed by atoms with Gasteiger partial charge in [0.1, 0.15) is 24.1 Å². The molecule has 218 valence electrons. The molecule has 1 aliphatic rings. The molecule has 3 aromatic rings. The summed E-state index contributed by atoms with van der Waals surface area (Å²) in [4.78, 5) is 41.0. The van der Waals surface area contributed by atoms with Crippen LogP contribution in [0, 0.1) is 19.8 Å². The van der Waals surface area contributed by atoms with Gasteiger partial charge in [0.05, 0.1) is 13.0 Å². The molecule has 10 nitrogen and oxygen atoms in total. The molecule has 0 saturated heterocycles. The number of carboxylic acids is 1. The molecule has 10 heteroatoms. The van der Waals surface area contributed by atoms with Crippen LogP contribution in [0.2, 0.25) is 0 Å². The molecule has 1 saturated carbocycles. The maximum atomic E-state index is 12.7. The number of hydrogen-bond acceptors (Lipinski definition) is 7. The third-order valence-corrected chi connectivity index (χ3v) is 7.09. The van der Waals surface area contributed by atoms with Crippen LogP contribution in [0.5, 0.6) is 0 Å². The zero-order valence-electron chi connectivity index (χ0n) is 23.4. The number of carboxylic acid groups (broad SMARTS) is 1. The summed E-state index contributed by atoms with van der Waals surface area (Å²) in [6, 6.07) is 15.5. The van der Waals surface area contributed by atoms with Crippen molar-refractivity contribution in [3.63, 3.8) is 0 Å². The van der Waals surface area contributed by atoms with Crippen LogP contribution in [-0.4, -0.2) is 46.8 Å². The molecule has 41 heavy (non-hydrogen) atoms. The van der Waals surface area contributed by atoms with Gasteiger partial charge in [-0.25, -0.2) is 14.6 Å². The molecule has 0 spiro atoms. The van der Waals surface area contributed by atoms with E-state index in [-0.39, 0.29) is 25.0 Å². The molecule has 3 atom stereocenters. The molecule has 2 amide bonds. The number of ether oxygens (including phenoxy) is 2. The highest BCUT2D eigenvalue weighted by Crippen LogP contribution is 2.26. The highest BCUT2D eigenvalue weighted by molar-refractivity contribution is 5.87. The van der Waals surface area contributed by atoms with Crippen molar-refractivity contribution in [3.8, 4) is 11.5 Å². The number of hydrogen-bond donors (Lipinski definition) is 3. The number of amides is 2.